The molecule has 0 aliphatic rings. The SMILES string of the molecule is CC(NC(=O)c1csc(CCN)n1)c1cccc(F)c1. The molecule has 1 atom stereocenters. The molecule has 0 bridgehead atoms. The lowest BCUT2D eigenvalue weighted by molar-refractivity contribution is 0.0935. The van der Waals surface area contributed by atoms with E-state index in [9.17, 15) is 9.18 Å². The molecule has 0 radical (unpaired) electrons. The quantitative estimate of drug-likeness (QED) is 0.888. The first kappa shape index (κ1) is 14.6. The van der Waals surface area contributed by atoms with Gasteiger partial charge in [0, 0.05) is 11.8 Å². The van der Waals surface area contributed by atoms with Crippen LogP contribution in [0.15, 0.2) is 29.6 Å². The Balaban J connectivity index is 2.03. The van der Waals surface area contributed by atoms with Crippen molar-refractivity contribution in [2.24, 2.45) is 5.73 Å². The fourth-order valence-corrected chi connectivity index (χ4v) is 2.58. The lowest BCUT2D eigenvalue weighted by atomic mass is 10.1. The Morgan fingerprint density at radius 1 is 1.55 bits per heavy atom. The van der Waals surface area contributed by atoms with E-state index < -0.39 is 0 Å². The van der Waals surface area contributed by atoms with Crippen LogP contribution in [0.5, 0.6) is 0 Å². The van der Waals surface area contributed by atoms with Crippen molar-refractivity contribution >= 4 is 17.2 Å². The topological polar surface area (TPSA) is 68.0 Å². The largest absolute Gasteiger partial charge is 0.344 e. The van der Waals surface area contributed by atoms with Crippen molar-refractivity contribution in [1.29, 1.82) is 0 Å². The Labute approximate surface area is 120 Å². The minimum atomic E-state index is -0.317. The Kier molecular flexibility index (Phi) is 4.81. The molecule has 20 heavy (non-hydrogen) atoms. The van der Waals surface area contributed by atoms with Crippen molar-refractivity contribution in [2.45, 2.75) is 19.4 Å². The Morgan fingerprint density at radius 3 is 3.05 bits per heavy atom. The molecular weight excluding hydrogens is 277 g/mol. The molecule has 1 aromatic heterocycles. The summed E-state index contributed by atoms with van der Waals surface area (Å²) in [7, 11) is 0. The second-order valence-electron chi connectivity index (χ2n) is 4.42. The molecule has 6 heteroatoms. The minimum absolute atomic E-state index is 0.263. The van der Waals surface area contributed by atoms with Crippen molar-refractivity contribution in [3.05, 3.63) is 51.7 Å². The van der Waals surface area contributed by atoms with Crippen LogP contribution in [0, 0.1) is 5.82 Å². The molecule has 0 fully saturated rings. The third-order valence-electron chi connectivity index (χ3n) is 2.84. The van der Waals surface area contributed by atoms with Gasteiger partial charge in [-0.15, -0.1) is 11.3 Å². The van der Waals surface area contributed by atoms with E-state index in [0.717, 1.165) is 10.6 Å². The van der Waals surface area contributed by atoms with Crippen molar-refractivity contribution in [2.75, 3.05) is 6.54 Å². The van der Waals surface area contributed by atoms with Crippen LogP contribution < -0.4 is 11.1 Å². The van der Waals surface area contributed by atoms with E-state index in [-0.39, 0.29) is 17.8 Å². The first-order chi connectivity index (χ1) is 9.60. The highest BCUT2D eigenvalue weighted by Gasteiger charge is 2.14. The average Bonchev–Trinajstić information content (AvgIpc) is 2.88. The highest BCUT2D eigenvalue weighted by molar-refractivity contribution is 7.09. The summed E-state index contributed by atoms with van der Waals surface area (Å²) in [4.78, 5) is 16.3. The first-order valence-corrected chi connectivity index (χ1v) is 7.19. The van der Waals surface area contributed by atoms with Crippen LogP contribution in [-0.4, -0.2) is 17.4 Å². The first-order valence-electron chi connectivity index (χ1n) is 6.31. The smallest absolute Gasteiger partial charge is 0.271 e. The van der Waals surface area contributed by atoms with Crippen molar-refractivity contribution in [3.8, 4) is 0 Å². The number of amides is 1. The Bertz CT molecular complexity index is 600. The van der Waals surface area contributed by atoms with Crippen LogP contribution in [-0.2, 0) is 6.42 Å². The molecule has 1 amide bonds. The molecule has 2 aromatic rings. The van der Waals surface area contributed by atoms with Gasteiger partial charge in [0.05, 0.1) is 11.0 Å². The monoisotopic (exact) mass is 293 g/mol. The third-order valence-corrected chi connectivity index (χ3v) is 3.75. The van der Waals surface area contributed by atoms with E-state index in [1.807, 2.05) is 0 Å². The van der Waals surface area contributed by atoms with E-state index in [0.29, 0.717) is 18.7 Å². The molecule has 0 aliphatic carbocycles. The van der Waals surface area contributed by atoms with Gasteiger partial charge < -0.3 is 11.1 Å². The van der Waals surface area contributed by atoms with E-state index >= 15 is 0 Å². The zero-order valence-corrected chi connectivity index (χ0v) is 11.9. The Hall–Kier alpha value is -1.79. The van der Waals surface area contributed by atoms with Gasteiger partial charge in [-0.2, -0.15) is 0 Å². The highest BCUT2D eigenvalue weighted by Crippen LogP contribution is 2.15. The highest BCUT2D eigenvalue weighted by atomic mass is 32.1. The number of nitrogens with two attached hydrogens (primary N) is 1. The fraction of sp³-hybridized carbons (Fsp3) is 0.286. The molecule has 0 spiro atoms. The summed E-state index contributed by atoms with van der Waals surface area (Å²) in [5.41, 5.74) is 6.54. The molecule has 1 heterocycles. The van der Waals surface area contributed by atoms with Crippen LogP contribution in [0.2, 0.25) is 0 Å². The summed E-state index contributed by atoms with van der Waals surface area (Å²) in [6, 6.07) is 5.89. The molecule has 106 valence electrons. The van der Waals surface area contributed by atoms with Crippen LogP contribution in [0.1, 0.15) is 34.0 Å². The van der Waals surface area contributed by atoms with E-state index in [2.05, 4.69) is 10.3 Å². The summed E-state index contributed by atoms with van der Waals surface area (Å²) in [6.45, 7) is 2.31. The second-order valence-corrected chi connectivity index (χ2v) is 5.36. The predicted octanol–water partition coefficient (Wildman–Crippen LogP) is 2.27. The van der Waals surface area contributed by atoms with Crippen molar-refractivity contribution < 1.29 is 9.18 Å². The maximum Gasteiger partial charge on any atom is 0.271 e. The average molecular weight is 293 g/mol. The summed E-state index contributed by atoms with van der Waals surface area (Å²) in [6.07, 6.45) is 0.664. The number of nitrogens with one attached hydrogen (secondary N) is 1. The number of nitrogens with zero attached hydrogens (tertiary/aromatic N) is 1. The number of hydrogen-bond acceptors (Lipinski definition) is 4. The molecule has 3 N–H and O–H groups in total. The third kappa shape index (κ3) is 3.61. The summed E-state index contributed by atoms with van der Waals surface area (Å²) >= 11 is 1.42. The molecule has 1 unspecified atom stereocenters. The molecule has 0 saturated heterocycles. The van der Waals surface area contributed by atoms with Gasteiger partial charge >= 0.3 is 0 Å². The van der Waals surface area contributed by atoms with E-state index in [1.165, 1.54) is 23.5 Å². The molecular formula is C14H16FN3OS. The maximum atomic E-state index is 13.1. The van der Waals surface area contributed by atoms with Gasteiger partial charge in [-0.3, -0.25) is 4.79 Å². The van der Waals surface area contributed by atoms with Gasteiger partial charge in [0.15, 0.2) is 0 Å². The molecule has 1 aromatic carbocycles. The Morgan fingerprint density at radius 2 is 2.35 bits per heavy atom. The standard InChI is InChI=1S/C14H16FN3OS/c1-9(10-3-2-4-11(15)7-10)17-14(19)12-8-20-13(18-12)5-6-16/h2-4,7-9H,5-6,16H2,1H3,(H,17,19). The van der Waals surface area contributed by atoms with Crippen molar-refractivity contribution in [3.63, 3.8) is 0 Å². The number of hydrogen-bond donors (Lipinski definition) is 2. The molecule has 2 rings (SSSR count). The van der Waals surface area contributed by atoms with Gasteiger partial charge in [0.2, 0.25) is 0 Å². The van der Waals surface area contributed by atoms with Gasteiger partial charge in [-0.25, -0.2) is 9.37 Å². The second kappa shape index (κ2) is 6.58. The molecule has 4 nitrogen and oxygen atoms in total. The van der Waals surface area contributed by atoms with Gasteiger partial charge in [-0.1, -0.05) is 12.1 Å². The zero-order chi connectivity index (χ0) is 14.5. The van der Waals surface area contributed by atoms with E-state index in [4.69, 9.17) is 5.73 Å². The number of carbonyl (C=O) groups is 1. The zero-order valence-electron chi connectivity index (χ0n) is 11.1. The number of rotatable bonds is 5. The van der Waals surface area contributed by atoms with Crippen LogP contribution >= 0.6 is 11.3 Å². The summed E-state index contributed by atoms with van der Waals surface area (Å²) in [5, 5.41) is 5.35. The van der Waals surface area contributed by atoms with Crippen LogP contribution in [0.25, 0.3) is 0 Å². The fourth-order valence-electron chi connectivity index (χ4n) is 1.78. The van der Waals surface area contributed by atoms with Crippen LogP contribution in [0.4, 0.5) is 4.39 Å². The maximum absolute atomic E-state index is 13.1. The van der Waals surface area contributed by atoms with Gasteiger partial charge in [0.1, 0.15) is 11.5 Å². The predicted molar refractivity (Wildman–Crippen MR) is 77.2 cm³/mol. The summed E-state index contributed by atoms with van der Waals surface area (Å²) < 4.78 is 13.1. The number of carbonyl (C=O) groups excluding carboxylic acids is 1. The minimum Gasteiger partial charge on any atom is -0.344 e. The molecule has 0 saturated carbocycles. The summed E-state index contributed by atoms with van der Waals surface area (Å²) in [5.74, 6) is -0.580. The number of halogens is 1. The van der Waals surface area contributed by atoms with Gasteiger partial charge in [0.25, 0.3) is 5.91 Å². The normalized spacial score (nSPS) is 12.2. The lowest BCUT2D eigenvalue weighted by Gasteiger charge is -2.13. The van der Waals surface area contributed by atoms with Gasteiger partial charge in [-0.05, 0) is 31.2 Å². The van der Waals surface area contributed by atoms with E-state index in [1.54, 1.807) is 24.4 Å². The van der Waals surface area contributed by atoms with Crippen LogP contribution in [0.3, 0.4) is 0 Å². The van der Waals surface area contributed by atoms with Crippen molar-refractivity contribution in [1.82, 2.24) is 10.3 Å². The number of aromatic nitrogens is 1. The number of thiazole rings is 1. The lowest BCUT2D eigenvalue weighted by Crippen LogP contribution is -2.27. The number of benzene rings is 1. The molecule has 0 aliphatic heterocycles.